The maximum Gasteiger partial charge on any atom is 0.281 e. The number of carbonyl (C=O) groups is 1. The van der Waals surface area contributed by atoms with Crippen LogP contribution in [0.2, 0.25) is 0 Å². The van der Waals surface area contributed by atoms with Gasteiger partial charge in [0.15, 0.2) is 0 Å². The average Bonchev–Trinajstić information content (AvgIpc) is 2.87. The zero-order chi connectivity index (χ0) is 18.2. The zero-order valence-electron chi connectivity index (χ0n) is 14.6. The lowest BCUT2D eigenvalue weighted by Crippen LogP contribution is -2.49. The number of amides is 1. The minimum atomic E-state index is -3.48. The second kappa shape index (κ2) is 7.01. The molecule has 0 radical (unpaired) electrons. The molecule has 2 bridgehead atoms. The largest absolute Gasteiger partial charge is 0.338 e. The molecule has 4 rings (SSSR count). The first-order valence-electron chi connectivity index (χ1n) is 8.49. The fraction of sp³-hybridized carbons (Fsp3) is 0.588. The smallest absolute Gasteiger partial charge is 0.281 e. The minimum Gasteiger partial charge on any atom is -0.338 e. The number of piperidine rings is 1. The molecule has 3 heterocycles. The van der Waals surface area contributed by atoms with E-state index in [4.69, 9.17) is 0 Å². The van der Waals surface area contributed by atoms with Gasteiger partial charge in [-0.15, -0.1) is 0 Å². The summed E-state index contributed by atoms with van der Waals surface area (Å²) in [6.07, 6.45) is 1.87. The Morgan fingerprint density at radius 3 is 2.68 bits per heavy atom. The quantitative estimate of drug-likeness (QED) is 0.798. The predicted molar refractivity (Wildman–Crippen MR) is 92.5 cm³/mol. The van der Waals surface area contributed by atoms with Crippen LogP contribution in [0.25, 0.3) is 0 Å². The lowest BCUT2D eigenvalue weighted by Gasteiger charge is -2.36. The molecule has 1 aromatic rings. The zero-order valence-corrected chi connectivity index (χ0v) is 15.4. The van der Waals surface area contributed by atoms with Crippen LogP contribution in [0, 0.1) is 11.7 Å². The molecule has 1 amide bonds. The summed E-state index contributed by atoms with van der Waals surface area (Å²) in [5.41, 5.74) is 0.642. The number of fused-ring (bicyclic) bond motifs is 4. The highest BCUT2D eigenvalue weighted by Gasteiger charge is 2.41. The predicted octanol–water partition coefficient (Wildman–Crippen LogP) is 1.10. The molecule has 3 aliphatic heterocycles. The van der Waals surface area contributed by atoms with Crippen molar-refractivity contribution in [3.8, 4) is 0 Å². The van der Waals surface area contributed by atoms with Crippen LogP contribution in [-0.4, -0.2) is 67.6 Å². The first-order valence-corrected chi connectivity index (χ1v) is 9.88. The topological polar surface area (TPSA) is 60.9 Å². The molecule has 0 spiro atoms. The number of hydrogen-bond acceptors (Lipinski definition) is 3. The Morgan fingerprint density at radius 1 is 1.24 bits per heavy atom. The second-order valence-electron chi connectivity index (χ2n) is 7.06. The maximum atomic E-state index is 13.3. The number of halogens is 1. The van der Waals surface area contributed by atoms with Crippen molar-refractivity contribution in [2.75, 3.05) is 33.7 Å². The molecule has 25 heavy (non-hydrogen) atoms. The summed E-state index contributed by atoms with van der Waals surface area (Å²) in [7, 11) is -0.438. The first-order chi connectivity index (χ1) is 11.8. The summed E-state index contributed by atoms with van der Waals surface area (Å²) >= 11 is 0. The van der Waals surface area contributed by atoms with Crippen LogP contribution >= 0.6 is 0 Å². The van der Waals surface area contributed by atoms with Gasteiger partial charge in [0.05, 0.1) is 6.42 Å². The lowest BCUT2D eigenvalue weighted by molar-refractivity contribution is -0.134. The van der Waals surface area contributed by atoms with Crippen LogP contribution in [0.15, 0.2) is 24.3 Å². The van der Waals surface area contributed by atoms with E-state index in [1.54, 1.807) is 17.0 Å². The van der Waals surface area contributed by atoms with Crippen molar-refractivity contribution < 1.29 is 17.6 Å². The van der Waals surface area contributed by atoms with Crippen LogP contribution < -0.4 is 0 Å². The first kappa shape index (κ1) is 18.3. The van der Waals surface area contributed by atoms with Gasteiger partial charge in [0.1, 0.15) is 5.82 Å². The standard InChI is InChI=1S/C17H24FN3O3S/c1-19(2)25(23,24)20-10-14-6-7-16(12-20)21(11-14)17(22)9-13-4-3-5-15(18)8-13/h3-5,8,14,16H,6-7,9-12H2,1-2H3/t14-,16+/m1/s1. The van der Waals surface area contributed by atoms with Gasteiger partial charge in [0.2, 0.25) is 5.91 Å². The van der Waals surface area contributed by atoms with E-state index in [0.717, 1.165) is 12.8 Å². The van der Waals surface area contributed by atoms with E-state index in [0.29, 0.717) is 25.2 Å². The Kier molecular flexibility index (Phi) is 5.13. The summed E-state index contributed by atoms with van der Waals surface area (Å²) in [5, 5.41) is 0. The molecule has 0 saturated carbocycles. The Labute approximate surface area is 148 Å². The van der Waals surface area contributed by atoms with Crippen LogP contribution in [-0.2, 0) is 21.4 Å². The SMILES string of the molecule is CN(C)S(=O)(=O)N1C[C@H]2CC[C@@H](C1)N(C(=O)Cc1cccc(F)c1)C2. The number of benzene rings is 1. The summed E-state index contributed by atoms with van der Waals surface area (Å²) < 4.78 is 41.0. The molecule has 8 heteroatoms. The maximum absolute atomic E-state index is 13.3. The number of nitrogens with zero attached hydrogens (tertiary/aromatic N) is 3. The Bertz CT molecular complexity index is 753. The van der Waals surface area contributed by atoms with Gasteiger partial charge >= 0.3 is 0 Å². The van der Waals surface area contributed by atoms with Gasteiger partial charge in [0, 0.05) is 39.8 Å². The van der Waals surface area contributed by atoms with E-state index in [2.05, 4.69) is 0 Å². The van der Waals surface area contributed by atoms with Gasteiger partial charge < -0.3 is 4.90 Å². The van der Waals surface area contributed by atoms with Gasteiger partial charge in [-0.3, -0.25) is 4.79 Å². The van der Waals surface area contributed by atoms with Crippen molar-refractivity contribution in [1.29, 1.82) is 0 Å². The molecule has 0 N–H and O–H groups in total. The second-order valence-corrected chi connectivity index (χ2v) is 9.20. The van der Waals surface area contributed by atoms with Crippen LogP contribution in [0.4, 0.5) is 4.39 Å². The van der Waals surface area contributed by atoms with E-state index in [1.165, 1.54) is 34.8 Å². The molecule has 3 saturated heterocycles. The van der Waals surface area contributed by atoms with E-state index in [1.807, 2.05) is 0 Å². The van der Waals surface area contributed by atoms with Crippen LogP contribution in [0.1, 0.15) is 18.4 Å². The van der Waals surface area contributed by atoms with E-state index >= 15 is 0 Å². The van der Waals surface area contributed by atoms with Crippen molar-refractivity contribution in [3.63, 3.8) is 0 Å². The van der Waals surface area contributed by atoms with Crippen molar-refractivity contribution >= 4 is 16.1 Å². The summed E-state index contributed by atoms with van der Waals surface area (Å²) in [5.74, 6) is -0.278. The average molecular weight is 369 g/mol. The van der Waals surface area contributed by atoms with Crippen LogP contribution in [0.3, 0.4) is 0 Å². The summed E-state index contributed by atoms with van der Waals surface area (Å²) in [6.45, 7) is 1.34. The monoisotopic (exact) mass is 369 g/mol. The van der Waals surface area contributed by atoms with Gasteiger partial charge in [-0.25, -0.2) is 4.39 Å². The molecule has 1 aromatic carbocycles. The number of carbonyl (C=O) groups excluding carboxylic acids is 1. The highest BCUT2D eigenvalue weighted by atomic mass is 32.2. The van der Waals surface area contributed by atoms with Crippen molar-refractivity contribution in [1.82, 2.24) is 13.5 Å². The van der Waals surface area contributed by atoms with Gasteiger partial charge in [-0.2, -0.15) is 17.0 Å². The third-order valence-electron chi connectivity index (χ3n) is 5.03. The van der Waals surface area contributed by atoms with Gasteiger partial charge in [-0.1, -0.05) is 12.1 Å². The van der Waals surface area contributed by atoms with Crippen LogP contribution in [0.5, 0.6) is 0 Å². The fourth-order valence-corrected chi connectivity index (χ4v) is 4.91. The van der Waals surface area contributed by atoms with E-state index in [9.17, 15) is 17.6 Å². The molecule has 6 nitrogen and oxygen atoms in total. The molecular weight excluding hydrogens is 345 g/mol. The molecule has 0 unspecified atom stereocenters. The number of hydrogen-bond donors (Lipinski definition) is 0. The van der Waals surface area contributed by atoms with E-state index < -0.39 is 10.2 Å². The molecule has 138 valence electrons. The Morgan fingerprint density at radius 2 is 2.00 bits per heavy atom. The molecule has 2 atom stereocenters. The summed E-state index contributed by atoms with van der Waals surface area (Å²) in [6, 6.07) is 5.94. The van der Waals surface area contributed by atoms with Crippen molar-refractivity contribution in [2.45, 2.75) is 25.3 Å². The van der Waals surface area contributed by atoms with Gasteiger partial charge in [0.25, 0.3) is 10.2 Å². The normalized spacial score (nSPS) is 24.6. The lowest BCUT2D eigenvalue weighted by atomic mass is 9.94. The fourth-order valence-electron chi connectivity index (χ4n) is 3.69. The highest BCUT2D eigenvalue weighted by molar-refractivity contribution is 7.86. The molecule has 3 aliphatic rings. The van der Waals surface area contributed by atoms with E-state index in [-0.39, 0.29) is 30.1 Å². The highest BCUT2D eigenvalue weighted by Crippen LogP contribution is 2.30. The molecular formula is C17H24FN3O3S. The third kappa shape index (κ3) is 3.86. The number of rotatable bonds is 4. The van der Waals surface area contributed by atoms with Gasteiger partial charge in [-0.05, 0) is 36.5 Å². The Hall–Kier alpha value is -1.51. The van der Waals surface area contributed by atoms with Crippen molar-refractivity contribution in [3.05, 3.63) is 35.6 Å². The Balaban J connectivity index is 1.75. The molecule has 3 fully saturated rings. The molecule has 0 aromatic heterocycles. The third-order valence-corrected chi connectivity index (χ3v) is 6.91. The molecule has 0 aliphatic carbocycles. The minimum absolute atomic E-state index is 0.0654. The summed E-state index contributed by atoms with van der Waals surface area (Å²) in [4.78, 5) is 14.5. The van der Waals surface area contributed by atoms with Crippen molar-refractivity contribution in [2.24, 2.45) is 5.92 Å².